The molecule has 1 saturated heterocycles. The van der Waals surface area contributed by atoms with Gasteiger partial charge >= 0.3 is 0 Å². The monoisotopic (exact) mass is 451 g/mol. The number of nitrogens with one attached hydrogen (secondary N) is 3. The Balaban J connectivity index is 1.49. The fraction of sp³-hybridized carbons (Fsp3) is 0.654. The maximum Gasteiger partial charge on any atom is 0.224 e. The zero-order valence-corrected chi connectivity index (χ0v) is 20.6. The Labute approximate surface area is 199 Å². The predicted octanol–water partition coefficient (Wildman–Crippen LogP) is 4.68. The highest BCUT2D eigenvalue weighted by Gasteiger charge is 2.21. The van der Waals surface area contributed by atoms with Gasteiger partial charge in [-0.2, -0.15) is 4.98 Å². The van der Waals surface area contributed by atoms with Crippen LogP contribution in [0, 0.1) is 0 Å². The average Bonchev–Trinajstić information content (AvgIpc) is 2.80. The van der Waals surface area contributed by atoms with E-state index in [9.17, 15) is 0 Å². The van der Waals surface area contributed by atoms with Gasteiger partial charge in [-0.3, -0.25) is 9.88 Å². The van der Waals surface area contributed by atoms with Crippen molar-refractivity contribution < 1.29 is 0 Å². The third kappa shape index (κ3) is 6.87. The normalized spacial score (nSPS) is 22.3. The number of anilines is 2. The first kappa shape index (κ1) is 23.9. The van der Waals surface area contributed by atoms with Crippen molar-refractivity contribution in [3.63, 3.8) is 0 Å². The molecule has 0 spiro atoms. The summed E-state index contributed by atoms with van der Waals surface area (Å²) in [5.74, 6) is 1.60. The van der Waals surface area contributed by atoms with Gasteiger partial charge in [-0.1, -0.05) is 38.7 Å². The molecule has 2 fully saturated rings. The minimum atomic E-state index is 0.479. The minimum Gasteiger partial charge on any atom is -0.367 e. The summed E-state index contributed by atoms with van der Waals surface area (Å²) in [5, 5.41) is 10.7. The number of nitrogens with zero attached hydrogens (tertiary/aromatic N) is 4. The van der Waals surface area contributed by atoms with E-state index in [4.69, 9.17) is 9.97 Å². The number of hydrogen-bond donors (Lipinski definition) is 3. The van der Waals surface area contributed by atoms with Gasteiger partial charge in [-0.05, 0) is 44.7 Å². The van der Waals surface area contributed by atoms with Crippen molar-refractivity contribution >= 4 is 11.8 Å². The van der Waals surface area contributed by atoms with Crippen molar-refractivity contribution in [1.82, 2.24) is 25.2 Å². The molecule has 2 aliphatic rings. The highest BCUT2D eigenvalue weighted by atomic mass is 15.2. The molecule has 2 atom stereocenters. The fourth-order valence-corrected chi connectivity index (χ4v) is 5.09. The van der Waals surface area contributed by atoms with Gasteiger partial charge in [-0.15, -0.1) is 0 Å². The van der Waals surface area contributed by atoms with Crippen LogP contribution >= 0.6 is 0 Å². The Kier molecular flexibility index (Phi) is 8.51. The van der Waals surface area contributed by atoms with Gasteiger partial charge in [0.15, 0.2) is 0 Å². The SMILES string of the molecule is CCCCNc1ncc(-c2ccc(CN3CC(C)NC(C)C3)cn2)c(NC2CCCCC2)n1. The van der Waals surface area contributed by atoms with Crippen molar-refractivity contribution in [2.45, 2.75) is 90.4 Å². The van der Waals surface area contributed by atoms with E-state index in [0.717, 1.165) is 56.1 Å². The summed E-state index contributed by atoms with van der Waals surface area (Å²) in [6.45, 7) is 10.7. The lowest BCUT2D eigenvalue weighted by molar-refractivity contribution is 0.166. The number of pyridine rings is 1. The zero-order valence-electron chi connectivity index (χ0n) is 20.6. The highest BCUT2D eigenvalue weighted by molar-refractivity contribution is 5.72. The first-order valence-corrected chi connectivity index (χ1v) is 12.9. The third-order valence-electron chi connectivity index (χ3n) is 6.69. The van der Waals surface area contributed by atoms with Crippen molar-refractivity contribution in [2.75, 3.05) is 30.3 Å². The van der Waals surface area contributed by atoms with Gasteiger partial charge < -0.3 is 16.0 Å². The summed E-state index contributed by atoms with van der Waals surface area (Å²) in [6, 6.07) is 5.86. The standard InChI is InChI=1S/C26H41N7/c1-4-5-13-27-26-29-15-23(25(32-26)31-22-9-7-6-8-10-22)24-12-11-21(14-28-24)18-33-16-19(2)30-20(3)17-33/h11-12,14-15,19-20,22,30H,4-10,13,16-18H2,1-3H3,(H2,27,29,31,32). The van der Waals surface area contributed by atoms with E-state index in [2.05, 4.69) is 58.7 Å². The van der Waals surface area contributed by atoms with Crippen LogP contribution in [0.3, 0.4) is 0 Å². The Hall–Kier alpha value is -2.25. The third-order valence-corrected chi connectivity index (χ3v) is 6.69. The van der Waals surface area contributed by atoms with Crippen molar-refractivity contribution in [3.8, 4) is 11.3 Å². The lowest BCUT2D eigenvalue weighted by Gasteiger charge is -2.36. The molecule has 2 unspecified atom stereocenters. The second-order valence-corrected chi connectivity index (χ2v) is 9.93. The number of aromatic nitrogens is 3. The van der Waals surface area contributed by atoms with Crippen molar-refractivity contribution in [2.24, 2.45) is 0 Å². The van der Waals surface area contributed by atoms with Gasteiger partial charge in [0, 0.05) is 56.7 Å². The topological polar surface area (TPSA) is 78.0 Å². The van der Waals surface area contributed by atoms with Crippen LogP contribution in [0.5, 0.6) is 0 Å². The summed E-state index contributed by atoms with van der Waals surface area (Å²) >= 11 is 0. The predicted molar refractivity (Wildman–Crippen MR) is 136 cm³/mol. The lowest BCUT2D eigenvalue weighted by atomic mass is 9.95. The summed E-state index contributed by atoms with van der Waals surface area (Å²) in [6.07, 6.45) is 12.5. The summed E-state index contributed by atoms with van der Waals surface area (Å²) in [4.78, 5) is 16.8. The zero-order chi connectivity index (χ0) is 23.0. The Morgan fingerprint density at radius 2 is 1.82 bits per heavy atom. The second kappa shape index (κ2) is 11.7. The van der Waals surface area contributed by atoms with E-state index >= 15 is 0 Å². The molecule has 0 amide bonds. The molecule has 1 saturated carbocycles. The number of unbranched alkanes of at least 4 members (excludes halogenated alkanes) is 1. The van der Waals surface area contributed by atoms with Crippen molar-refractivity contribution in [3.05, 3.63) is 30.1 Å². The molecule has 1 aliphatic carbocycles. The van der Waals surface area contributed by atoms with E-state index in [0.29, 0.717) is 24.1 Å². The van der Waals surface area contributed by atoms with Crippen LogP contribution in [0.4, 0.5) is 11.8 Å². The van der Waals surface area contributed by atoms with Crippen LogP contribution in [0.25, 0.3) is 11.3 Å². The van der Waals surface area contributed by atoms with Crippen LogP contribution < -0.4 is 16.0 Å². The Morgan fingerprint density at radius 1 is 1.03 bits per heavy atom. The molecule has 3 heterocycles. The lowest BCUT2D eigenvalue weighted by Crippen LogP contribution is -2.53. The summed E-state index contributed by atoms with van der Waals surface area (Å²) in [7, 11) is 0. The molecule has 2 aromatic heterocycles. The van der Waals surface area contributed by atoms with Gasteiger partial charge in [0.25, 0.3) is 0 Å². The van der Waals surface area contributed by atoms with Gasteiger partial charge in [0.1, 0.15) is 5.82 Å². The number of piperazine rings is 1. The molecule has 0 bridgehead atoms. The Morgan fingerprint density at radius 3 is 2.52 bits per heavy atom. The van der Waals surface area contributed by atoms with E-state index in [1.807, 2.05) is 12.4 Å². The molecule has 180 valence electrons. The Bertz CT molecular complexity index is 853. The fourth-order valence-electron chi connectivity index (χ4n) is 5.09. The highest BCUT2D eigenvalue weighted by Crippen LogP contribution is 2.29. The average molecular weight is 452 g/mol. The molecule has 0 aromatic carbocycles. The quantitative estimate of drug-likeness (QED) is 0.478. The van der Waals surface area contributed by atoms with Crippen LogP contribution in [-0.2, 0) is 6.54 Å². The van der Waals surface area contributed by atoms with Gasteiger partial charge in [0.2, 0.25) is 5.95 Å². The minimum absolute atomic E-state index is 0.479. The molecular weight excluding hydrogens is 410 g/mol. The van der Waals surface area contributed by atoms with Gasteiger partial charge in [0.05, 0.1) is 11.3 Å². The van der Waals surface area contributed by atoms with Crippen LogP contribution in [0.15, 0.2) is 24.5 Å². The van der Waals surface area contributed by atoms with Crippen LogP contribution in [0.2, 0.25) is 0 Å². The number of hydrogen-bond acceptors (Lipinski definition) is 7. The first-order chi connectivity index (χ1) is 16.1. The molecule has 2 aromatic rings. The summed E-state index contributed by atoms with van der Waals surface area (Å²) < 4.78 is 0. The molecule has 7 nitrogen and oxygen atoms in total. The molecule has 1 aliphatic heterocycles. The van der Waals surface area contributed by atoms with Crippen LogP contribution in [0.1, 0.15) is 71.3 Å². The smallest absolute Gasteiger partial charge is 0.224 e. The number of rotatable bonds is 9. The molecule has 7 heteroatoms. The molecule has 3 N–H and O–H groups in total. The van der Waals surface area contributed by atoms with Crippen LogP contribution in [-0.4, -0.2) is 57.6 Å². The van der Waals surface area contributed by atoms with Gasteiger partial charge in [-0.25, -0.2) is 4.98 Å². The first-order valence-electron chi connectivity index (χ1n) is 12.9. The maximum atomic E-state index is 4.86. The molecular formula is C26H41N7. The summed E-state index contributed by atoms with van der Waals surface area (Å²) in [5.41, 5.74) is 3.16. The second-order valence-electron chi connectivity index (χ2n) is 9.93. The maximum absolute atomic E-state index is 4.86. The van der Waals surface area contributed by atoms with E-state index in [1.165, 1.54) is 37.7 Å². The van der Waals surface area contributed by atoms with E-state index in [1.54, 1.807) is 0 Å². The van der Waals surface area contributed by atoms with E-state index < -0.39 is 0 Å². The van der Waals surface area contributed by atoms with Crippen molar-refractivity contribution in [1.29, 1.82) is 0 Å². The van der Waals surface area contributed by atoms with E-state index in [-0.39, 0.29) is 0 Å². The molecule has 33 heavy (non-hydrogen) atoms. The molecule has 4 rings (SSSR count). The largest absolute Gasteiger partial charge is 0.367 e. The molecule has 0 radical (unpaired) electrons.